The highest BCUT2D eigenvalue weighted by Gasteiger charge is 2.48. The van der Waals surface area contributed by atoms with E-state index >= 15 is 4.39 Å². The van der Waals surface area contributed by atoms with E-state index in [-0.39, 0.29) is 29.5 Å². The summed E-state index contributed by atoms with van der Waals surface area (Å²) in [5.41, 5.74) is 0.396. The number of aromatic nitrogens is 2. The highest BCUT2D eigenvalue weighted by molar-refractivity contribution is 6.05. The third-order valence-electron chi connectivity index (χ3n) is 6.19. The number of hydrogen-bond acceptors (Lipinski definition) is 5. The van der Waals surface area contributed by atoms with Crippen molar-refractivity contribution in [3.8, 4) is 22.6 Å². The summed E-state index contributed by atoms with van der Waals surface area (Å²) in [4.78, 5) is 15.0. The van der Waals surface area contributed by atoms with E-state index in [0.29, 0.717) is 28.5 Å². The fraction of sp³-hybridized carbons (Fsp3) is 0.375. The number of benzene rings is 2. The Balaban J connectivity index is 1.57. The van der Waals surface area contributed by atoms with Gasteiger partial charge in [0.1, 0.15) is 0 Å². The van der Waals surface area contributed by atoms with E-state index in [1.54, 1.807) is 49.9 Å². The summed E-state index contributed by atoms with van der Waals surface area (Å²) in [6, 6.07) is 7.23. The average molecular weight is 439 g/mol. The van der Waals surface area contributed by atoms with Crippen molar-refractivity contribution in [2.24, 2.45) is 5.92 Å². The molecule has 1 saturated carbocycles. The van der Waals surface area contributed by atoms with Gasteiger partial charge in [0.25, 0.3) is 5.91 Å². The van der Waals surface area contributed by atoms with Crippen LogP contribution in [-0.2, 0) is 6.54 Å². The molecule has 1 atom stereocenters. The summed E-state index contributed by atoms with van der Waals surface area (Å²) in [6.45, 7) is 5.16. The predicted molar refractivity (Wildman–Crippen MR) is 113 cm³/mol. The van der Waals surface area contributed by atoms with Crippen LogP contribution >= 0.6 is 0 Å². The molecular weight excluding hydrogens is 416 g/mol. The first kappa shape index (κ1) is 20.8. The van der Waals surface area contributed by atoms with E-state index in [1.165, 1.54) is 0 Å². The number of rotatable bonds is 5. The Bertz CT molecular complexity index is 1210. The van der Waals surface area contributed by atoms with E-state index < -0.39 is 23.3 Å². The summed E-state index contributed by atoms with van der Waals surface area (Å²) < 4.78 is 35.0. The maximum atomic E-state index is 15.0. The van der Waals surface area contributed by atoms with Crippen molar-refractivity contribution in [1.82, 2.24) is 15.1 Å². The number of hydrogen-bond donors (Lipinski definition) is 1. The van der Waals surface area contributed by atoms with Gasteiger partial charge in [-0.25, -0.2) is 8.78 Å². The molecule has 8 heteroatoms. The van der Waals surface area contributed by atoms with E-state index in [9.17, 15) is 14.3 Å². The quantitative estimate of drug-likeness (QED) is 0.634. The molecule has 1 aliphatic heterocycles. The van der Waals surface area contributed by atoms with Gasteiger partial charge >= 0.3 is 0 Å². The Hall–Kier alpha value is -3.13. The van der Waals surface area contributed by atoms with Gasteiger partial charge in [-0.2, -0.15) is 0 Å². The summed E-state index contributed by atoms with van der Waals surface area (Å²) in [6.07, 6.45) is 1.84. The maximum Gasteiger partial charge on any atom is 0.255 e. The van der Waals surface area contributed by atoms with Crippen molar-refractivity contribution in [3.63, 3.8) is 0 Å². The van der Waals surface area contributed by atoms with Crippen LogP contribution < -0.4 is 0 Å². The third kappa shape index (κ3) is 3.39. The summed E-state index contributed by atoms with van der Waals surface area (Å²) in [7, 11) is 0. The zero-order chi connectivity index (χ0) is 22.8. The first-order chi connectivity index (χ1) is 15.1. The van der Waals surface area contributed by atoms with Crippen LogP contribution in [0.4, 0.5) is 8.78 Å². The molecule has 3 aromatic rings. The van der Waals surface area contributed by atoms with Crippen molar-refractivity contribution >= 4 is 5.91 Å². The Kier molecular flexibility index (Phi) is 4.67. The zero-order valence-electron chi connectivity index (χ0n) is 18.0. The Morgan fingerprint density at radius 1 is 1.12 bits per heavy atom. The molecule has 2 aliphatic rings. The minimum Gasteiger partial charge on any atom is -0.421 e. The van der Waals surface area contributed by atoms with Crippen molar-refractivity contribution < 1.29 is 23.1 Å². The van der Waals surface area contributed by atoms with E-state index in [0.717, 1.165) is 18.9 Å². The van der Waals surface area contributed by atoms with Crippen LogP contribution in [-0.4, -0.2) is 37.8 Å². The second-order valence-electron chi connectivity index (χ2n) is 9.15. The van der Waals surface area contributed by atoms with Gasteiger partial charge in [0.05, 0.1) is 17.2 Å². The normalized spacial score (nSPS) is 17.1. The molecule has 0 saturated heterocycles. The Labute approximate surface area is 183 Å². The van der Waals surface area contributed by atoms with Gasteiger partial charge in [-0.15, -0.1) is 10.2 Å². The van der Waals surface area contributed by atoms with Crippen molar-refractivity contribution in [2.45, 2.75) is 51.8 Å². The monoisotopic (exact) mass is 439 g/mol. The number of amides is 1. The first-order valence-electron chi connectivity index (χ1n) is 10.6. The summed E-state index contributed by atoms with van der Waals surface area (Å²) >= 11 is 0. The lowest BCUT2D eigenvalue weighted by Gasteiger charge is -2.37. The van der Waals surface area contributed by atoms with Crippen LogP contribution in [0.1, 0.15) is 48.5 Å². The third-order valence-corrected chi connectivity index (χ3v) is 6.19. The lowest BCUT2D eigenvalue weighted by atomic mass is 9.92. The molecule has 1 aliphatic carbocycles. The number of carbonyl (C=O) groups is 1. The number of aryl methyl sites for hydroxylation is 1. The fourth-order valence-corrected chi connectivity index (χ4v) is 4.76. The van der Waals surface area contributed by atoms with Gasteiger partial charge in [0.15, 0.2) is 11.6 Å². The number of nitrogens with zero attached hydrogens (tertiary/aromatic N) is 3. The molecule has 0 unspecified atom stereocenters. The molecule has 0 bridgehead atoms. The smallest absolute Gasteiger partial charge is 0.255 e. The standard InChI is InChI=1S/C24H23F2N3O3/c1-12-27-28-22(32-12)15-8-4-13(5-9-15)18-19-16(10-17(25)20(18)26)11-29(23(19)30)21(14-6-7-14)24(2,3)31/h4-5,8-10,14,21,31H,6-7,11H2,1-3H3/t21-/m1/s1. The Morgan fingerprint density at radius 3 is 2.34 bits per heavy atom. The molecule has 5 rings (SSSR count). The molecule has 166 valence electrons. The van der Waals surface area contributed by atoms with Crippen molar-refractivity contribution in [3.05, 3.63) is 59.0 Å². The Morgan fingerprint density at radius 2 is 1.78 bits per heavy atom. The van der Waals surface area contributed by atoms with E-state index in [4.69, 9.17) is 4.42 Å². The molecule has 1 amide bonds. The average Bonchev–Trinajstić information content (AvgIpc) is 3.38. The maximum absolute atomic E-state index is 15.0. The second kappa shape index (κ2) is 7.20. The number of fused-ring (bicyclic) bond motifs is 1. The molecular formula is C24H23F2N3O3. The second-order valence-corrected chi connectivity index (χ2v) is 9.15. The minimum absolute atomic E-state index is 0.0638. The molecule has 32 heavy (non-hydrogen) atoms. The fourth-order valence-electron chi connectivity index (χ4n) is 4.76. The number of halogens is 2. The lowest BCUT2D eigenvalue weighted by molar-refractivity contribution is -0.0224. The van der Waals surface area contributed by atoms with Gasteiger partial charge in [0.2, 0.25) is 11.8 Å². The van der Waals surface area contributed by atoms with Crippen molar-refractivity contribution in [2.75, 3.05) is 0 Å². The molecule has 1 fully saturated rings. The van der Waals surface area contributed by atoms with Crippen LogP contribution in [0.5, 0.6) is 0 Å². The summed E-state index contributed by atoms with van der Waals surface area (Å²) in [5.74, 6) is -1.53. The first-order valence-corrected chi connectivity index (χ1v) is 10.6. The molecule has 0 radical (unpaired) electrons. The molecule has 6 nitrogen and oxygen atoms in total. The van der Waals surface area contributed by atoms with Crippen LogP contribution in [0.15, 0.2) is 34.7 Å². The highest BCUT2D eigenvalue weighted by atomic mass is 19.2. The largest absolute Gasteiger partial charge is 0.421 e. The molecule has 0 spiro atoms. The summed E-state index contributed by atoms with van der Waals surface area (Å²) in [5, 5.41) is 18.5. The topological polar surface area (TPSA) is 79.5 Å². The highest BCUT2D eigenvalue weighted by Crippen LogP contribution is 2.45. The molecule has 1 aromatic heterocycles. The van der Waals surface area contributed by atoms with Crippen molar-refractivity contribution in [1.29, 1.82) is 0 Å². The van der Waals surface area contributed by atoms with E-state index in [2.05, 4.69) is 10.2 Å². The van der Waals surface area contributed by atoms with Gasteiger partial charge in [0, 0.05) is 24.6 Å². The predicted octanol–water partition coefficient (Wildman–Crippen LogP) is 4.50. The molecule has 1 N–H and O–H groups in total. The minimum atomic E-state index is -1.13. The lowest BCUT2D eigenvalue weighted by Crippen LogP contribution is -2.51. The molecule has 2 aromatic carbocycles. The number of aliphatic hydroxyl groups is 1. The van der Waals surface area contributed by atoms with Gasteiger partial charge in [-0.1, -0.05) is 12.1 Å². The number of carbonyl (C=O) groups excluding carboxylic acids is 1. The van der Waals surface area contributed by atoms with Gasteiger partial charge in [-0.3, -0.25) is 4.79 Å². The zero-order valence-corrected chi connectivity index (χ0v) is 18.0. The van der Waals surface area contributed by atoms with Gasteiger partial charge < -0.3 is 14.4 Å². The van der Waals surface area contributed by atoms with Crippen LogP contribution in [0, 0.1) is 24.5 Å². The van der Waals surface area contributed by atoms with Crippen LogP contribution in [0.25, 0.3) is 22.6 Å². The molecule has 2 heterocycles. The van der Waals surface area contributed by atoms with Gasteiger partial charge in [-0.05, 0) is 61.9 Å². The van der Waals surface area contributed by atoms with Crippen LogP contribution in [0.2, 0.25) is 0 Å². The SMILES string of the molecule is Cc1nnc(-c2ccc(-c3c(F)c(F)cc4c3C(=O)N([C@H](C3CC3)C(C)(C)O)C4)cc2)o1. The van der Waals surface area contributed by atoms with E-state index in [1.807, 2.05) is 0 Å². The van der Waals surface area contributed by atoms with Crippen LogP contribution in [0.3, 0.4) is 0 Å².